The Morgan fingerprint density at radius 3 is 2.85 bits per heavy atom. The fourth-order valence-corrected chi connectivity index (χ4v) is 1.31. The molecule has 0 radical (unpaired) electrons. The van der Waals surface area contributed by atoms with Crippen LogP contribution in [0.15, 0.2) is 23.4 Å². The van der Waals surface area contributed by atoms with E-state index in [4.69, 9.17) is 5.11 Å². The predicted octanol–water partition coefficient (Wildman–Crippen LogP) is 1.84. The molecule has 3 nitrogen and oxygen atoms in total. The molecule has 0 aromatic carbocycles. The molecule has 1 N–H and O–H groups in total. The largest absolute Gasteiger partial charge is 0.478 e. The fourth-order valence-electron chi connectivity index (χ4n) is 0.735. The number of aromatic nitrogens is 1. The first kappa shape index (κ1) is 9.98. The van der Waals surface area contributed by atoms with Crippen LogP contribution in [0.25, 0.3) is 0 Å². The van der Waals surface area contributed by atoms with E-state index in [2.05, 4.69) is 4.98 Å². The molecule has 70 valence electrons. The molecule has 0 fully saturated rings. The third-order valence-electron chi connectivity index (χ3n) is 1.31. The zero-order chi connectivity index (χ0) is 9.68. The summed E-state index contributed by atoms with van der Waals surface area (Å²) in [7, 11) is 0. The molecule has 0 atom stereocenters. The van der Waals surface area contributed by atoms with E-state index < -0.39 is 12.6 Å². The minimum absolute atomic E-state index is 0.143. The third kappa shape index (κ3) is 3.02. The molecule has 1 rings (SSSR count). The zero-order valence-corrected chi connectivity index (χ0v) is 7.55. The lowest BCUT2D eigenvalue weighted by Crippen LogP contribution is -1.96. The number of hydrogen-bond acceptors (Lipinski definition) is 3. The molecule has 13 heavy (non-hydrogen) atoms. The average molecular weight is 201 g/mol. The van der Waals surface area contributed by atoms with Crippen LogP contribution >= 0.6 is 11.8 Å². The van der Waals surface area contributed by atoms with Crippen LogP contribution in [0.5, 0.6) is 0 Å². The molecule has 1 heterocycles. The van der Waals surface area contributed by atoms with Crippen LogP contribution < -0.4 is 0 Å². The van der Waals surface area contributed by atoms with Crippen molar-refractivity contribution in [3.05, 3.63) is 23.9 Å². The van der Waals surface area contributed by atoms with E-state index in [1.807, 2.05) is 0 Å². The molecule has 0 amide bonds. The summed E-state index contributed by atoms with van der Waals surface area (Å²) in [6, 6.07) is 3.03. The monoisotopic (exact) mass is 201 g/mol. The highest BCUT2D eigenvalue weighted by atomic mass is 32.2. The Balaban J connectivity index is 2.64. The van der Waals surface area contributed by atoms with Gasteiger partial charge in [-0.2, -0.15) is 0 Å². The lowest BCUT2D eigenvalue weighted by atomic mass is 10.3. The van der Waals surface area contributed by atoms with Crippen LogP contribution in [0, 0.1) is 0 Å². The second-order valence-corrected chi connectivity index (χ2v) is 3.34. The molecule has 5 heteroatoms. The zero-order valence-electron chi connectivity index (χ0n) is 6.74. The summed E-state index contributed by atoms with van der Waals surface area (Å²) in [6.45, 7) is -0.410. The van der Waals surface area contributed by atoms with Gasteiger partial charge in [0.15, 0.2) is 0 Å². The molecule has 0 spiro atoms. The summed E-state index contributed by atoms with van der Waals surface area (Å²) in [5.74, 6) is -0.658. The summed E-state index contributed by atoms with van der Waals surface area (Å²) in [4.78, 5) is 14.3. The molecular formula is C8H8FNO2S. The molecule has 0 aliphatic carbocycles. The van der Waals surface area contributed by atoms with Gasteiger partial charge in [-0.3, -0.25) is 4.39 Å². The smallest absolute Gasteiger partial charge is 0.337 e. The third-order valence-corrected chi connectivity index (χ3v) is 2.21. The van der Waals surface area contributed by atoms with Crippen molar-refractivity contribution in [1.82, 2.24) is 4.98 Å². The van der Waals surface area contributed by atoms with Crippen LogP contribution in [0.2, 0.25) is 0 Å². The Hall–Kier alpha value is -1.10. The van der Waals surface area contributed by atoms with Gasteiger partial charge in [0, 0.05) is 11.9 Å². The van der Waals surface area contributed by atoms with Crippen LogP contribution in [-0.2, 0) is 0 Å². The highest BCUT2D eigenvalue weighted by Gasteiger charge is 2.02. The topological polar surface area (TPSA) is 50.2 Å². The Morgan fingerprint density at radius 2 is 2.38 bits per heavy atom. The second-order valence-electron chi connectivity index (χ2n) is 2.23. The van der Waals surface area contributed by atoms with Gasteiger partial charge in [-0.05, 0) is 12.1 Å². The fraction of sp³-hybridized carbons (Fsp3) is 0.250. The number of carboxylic acids is 1. The number of rotatable bonds is 4. The van der Waals surface area contributed by atoms with Crippen molar-refractivity contribution >= 4 is 17.7 Å². The van der Waals surface area contributed by atoms with E-state index in [1.165, 1.54) is 24.0 Å². The molecule has 1 aromatic heterocycles. The number of halogens is 1. The maximum atomic E-state index is 11.7. The van der Waals surface area contributed by atoms with E-state index in [1.54, 1.807) is 6.07 Å². The summed E-state index contributed by atoms with van der Waals surface area (Å²) in [5, 5.41) is 9.19. The van der Waals surface area contributed by atoms with Crippen LogP contribution in [-0.4, -0.2) is 28.5 Å². The van der Waals surface area contributed by atoms with Gasteiger partial charge in [0.1, 0.15) is 0 Å². The van der Waals surface area contributed by atoms with E-state index in [-0.39, 0.29) is 5.56 Å². The highest BCUT2D eigenvalue weighted by Crippen LogP contribution is 2.14. The normalized spacial score (nSPS) is 9.92. The Bertz CT molecular complexity index is 289. The van der Waals surface area contributed by atoms with Gasteiger partial charge in [-0.25, -0.2) is 9.78 Å². The van der Waals surface area contributed by atoms with Gasteiger partial charge in [-0.1, -0.05) is 0 Å². The Kier molecular flexibility index (Phi) is 3.70. The molecule has 0 unspecified atom stereocenters. The van der Waals surface area contributed by atoms with Gasteiger partial charge in [0.25, 0.3) is 0 Å². The van der Waals surface area contributed by atoms with E-state index >= 15 is 0 Å². The van der Waals surface area contributed by atoms with Gasteiger partial charge in [0.2, 0.25) is 0 Å². The lowest BCUT2D eigenvalue weighted by Gasteiger charge is -1.97. The number of nitrogens with zero attached hydrogens (tertiary/aromatic N) is 1. The summed E-state index contributed by atoms with van der Waals surface area (Å²) in [5.41, 5.74) is 0.143. The number of carbonyl (C=O) groups is 1. The first-order valence-electron chi connectivity index (χ1n) is 3.62. The predicted molar refractivity (Wildman–Crippen MR) is 47.9 cm³/mol. The van der Waals surface area contributed by atoms with Crippen LogP contribution in [0.3, 0.4) is 0 Å². The summed E-state index contributed by atoms with van der Waals surface area (Å²) < 4.78 is 11.7. The molecular weight excluding hydrogens is 193 g/mol. The molecule has 0 aliphatic rings. The van der Waals surface area contributed by atoms with Crippen molar-refractivity contribution in [3.63, 3.8) is 0 Å². The molecule has 0 aliphatic heterocycles. The van der Waals surface area contributed by atoms with Crippen molar-refractivity contribution in [1.29, 1.82) is 0 Å². The van der Waals surface area contributed by atoms with Gasteiger partial charge in [-0.15, -0.1) is 11.8 Å². The molecule has 0 saturated carbocycles. The highest BCUT2D eigenvalue weighted by molar-refractivity contribution is 7.99. The number of alkyl halides is 1. The number of hydrogen-bond donors (Lipinski definition) is 1. The Labute approximate surface area is 79.0 Å². The van der Waals surface area contributed by atoms with Crippen molar-refractivity contribution in [2.24, 2.45) is 0 Å². The number of thioether (sulfide) groups is 1. The van der Waals surface area contributed by atoms with Crippen molar-refractivity contribution < 1.29 is 14.3 Å². The SMILES string of the molecule is O=C(O)c1ccc(SCCF)nc1. The summed E-state index contributed by atoms with van der Waals surface area (Å²) >= 11 is 1.26. The van der Waals surface area contributed by atoms with E-state index in [9.17, 15) is 9.18 Å². The molecule has 0 saturated heterocycles. The first-order chi connectivity index (χ1) is 6.24. The van der Waals surface area contributed by atoms with Crippen LogP contribution in [0.1, 0.15) is 10.4 Å². The van der Waals surface area contributed by atoms with Crippen molar-refractivity contribution in [2.45, 2.75) is 5.03 Å². The van der Waals surface area contributed by atoms with Gasteiger partial charge >= 0.3 is 5.97 Å². The number of carboxylic acid groups (broad SMARTS) is 1. The van der Waals surface area contributed by atoms with Crippen LogP contribution in [0.4, 0.5) is 4.39 Å². The van der Waals surface area contributed by atoms with Gasteiger partial charge < -0.3 is 5.11 Å². The van der Waals surface area contributed by atoms with Crippen molar-refractivity contribution in [3.8, 4) is 0 Å². The van der Waals surface area contributed by atoms with E-state index in [0.717, 1.165) is 0 Å². The minimum atomic E-state index is -1.01. The maximum Gasteiger partial charge on any atom is 0.337 e. The molecule has 1 aromatic rings. The number of aromatic carboxylic acids is 1. The lowest BCUT2D eigenvalue weighted by molar-refractivity contribution is 0.0696. The second kappa shape index (κ2) is 4.81. The van der Waals surface area contributed by atoms with Crippen molar-refractivity contribution in [2.75, 3.05) is 12.4 Å². The standard InChI is InChI=1S/C8H8FNO2S/c9-3-4-13-7-2-1-6(5-10-7)8(11)12/h1-2,5H,3-4H2,(H,11,12). The minimum Gasteiger partial charge on any atom is -0.478 e. The molecule has 0 bridgehead atoms. The van der Waals surface area contributed by atoms with Gasteiger partial charge in [0.05, 0.1) is 17.3 Å². The van der Waals surface area contributed by atoms with E-state index in [0.29, 0.717) is 10.8 Å². The maximum absolute atomic E-state index is 11.7. The average Bonchev–Trinajstić information content (AvgIpc) is 2.15. The summed E-state index contributed by atoms with van der Waals surface area (Å²) in [6.07, 6.45) is 1.27. The first-order valence-corrected chi connectivity index (χ1v) is 4.60. The number of pyridine rings is 1. The Morgan fingerprint density at radius 1 is 1.62 bits per heavy atom. The quantitative estimate of drug-likeness (QED) is 0.755.